The Morgan fingerprint density at radius 2 is 2.00 bits per heavy atom. The highest BCUT2D eigenvalue weighted by Crippen LogP contribution is 2.28. The first kappa shape index (κ1) is 25.0. The highest BCUT2D eigenvalue weighted by molar-refractivity contribution is 7.93. The molecule has 0 bridgehead atoms. The van der Waals surface area contributed by atoms with Crippen molar-refractivity contribution in [3.63, 3.8) is 0 Å². The van der Waals surface area contributed by atoms with Crippen LogP contribution in [-0.4, -0.2) is 68.2 Å². The van der Waals surface area contributed by atoms with Gasteiger partial charge in [0, 0.05) is 31.0 Å². The average Bonchev–Trinajstić information content (AvgIpc) is 3.03. The smallest absolute Gasteiger partial charge is 0.253 e. The predicted molar refractivity (Wildman–Crippen MR) is 127 cm³/mol. The number of hydrogen-bond acceptors (Lipinski definition) is 8. The fraction of sp³-hybridized carbons (Fsp3) is 0.478. The van der Waals surface area contributed by atoms with E-state index < -0.39 is 33.2 Å². The van der Waals surface area contributed by atoms with Gasteiger partial charge >= 0.3 is 0 Å². The van der Waals surface area contributed by atoms with Crippen LogP contribution in [0, 0.1) is 6.92 Å². The number of aromatic nitrogens is 4. The standard InChI is InChI=1S/C23H28FN5O5S/c1-13-19(7-16(10-25-13)34-14(2)24)29-20-17(18(28-29)8-22(3,4)31)6-15(9-26-20)21(30)27-23(5)11-35(32,33)12-23/h6-7,9-10,14,31H,8,11-12H2,1-5H3,(H,27,30). The maximum Gasteiger partial charge on any atom is 0.253 e. The molecule has 0 saturated carbocycles. The number of amides is 1. The van der Waals surface area contributed by atoms with Crippen LogP contribution in [0.15, 0.2) is 24.5 Å². The summed E-state index contributed by atoms with van der Waals surface area (Å²) in [5.41, 5.74) is 0.308. The second kappa shape index (κ2) is 8.52. The van der Waals surface area contributed by atoms with Crippen LogP contribution in [0.25, 0.3) is 16.7 Å². The van der Waals surface area contributed by atoms with Gasteiger partial charge in [0.2, 0.25) is 6.36 Å². The molecular weight excluding hydrogens is 477 g/mol. The molecule has 4 heterocycles. The second-order valence-electron chi connectivity index (χ2n) is 9.93. The van der Waals surface area contributed by atoms with Crippen molar-refractivity contribution in [2.75, 3.05) is 11.5 Å². The Balaban J connectivity index is 1.77. The predicted octanol–water partition coefficient (Wildman–Crippen LogP) is 2.05. The van der Waals surface area contributed by atoms with Gasteiger partial charge in [-0.25, -0.2) is 22.5 Å². The van der Waals surface area contributed by atoms with Crippen molar-refractivity contribution < 1.29 is 27.4 Å². The fourth-order valence-electron chi connectivity index (χ4n) is 4.21. The number of hydrogen-bond donors (Lipinski definition) is 2. The van der Waals surface area contributed by atoms with Crippen LogP contribution in [-0.2, 0) is 16.3 Å². The molecule has 10 nitrogen and oxygen atoms in total. The lowest BCUT2D eigenvalue weighted by atomic mass is 10.0. The maximum absolute atomic E-state index is 13.4. The van der Waals surface area contributed by atoms with Gasteiger partial charge in [-0.05, 0) is 33.8 Å². The van der Waals surface area contributed by atoms with E-state index in [0.717, 1.165) is 0 Å². The van der Waals surface area contributed by atoms with E-state index in [1.165, 1.54) is 24.0 Å². The normalized spacial score (nSPS) is 17.6. The first-order valence-electron chi connectivity index (χ1n) is 11.1. The summed E-state index contributed by atoms with van der Waals surface area (Å²) in [6, 6.07) is 3.21. The molecule has 1 aliphatic heterocycles. The lowest BCUT2D eigenvalue weighted by molar-refractivity contribution is 0.0800. The lowest BCUT2D eigenvalue weighted by Crippen LogP contribution is -2.63. The molecule has 35 heavy (non-hydrogen) atoms. The zero-order valence-electron chi connectivity index (χ0n) is 20.2. The highest BCUT2D eigenvalue weighted by atomic mass is 32.2. The molecule has 1 amide bonds. The molecule has 1 aliphatic rings. The zero-order valence-corrected chi connectivity index (χ0v) is 21.0. The Labute approximate surface area is 202 Å². The number of ether oxygens (including phenoxy) is 1. The Bertz CT molecular complexity index is 1400. The van der Waals surface area contributed by atoms with E-state index in [2.05, 4.69) is 20.4 Å². The van der Waals surface area contributed by atoms with Gasteiger partial charge in [-0.1, -0.05) is 0 Å². The molecule has 3 aromatic heterocycles. The van der Waals surface area contributed by atoms with Gasteiger partial charge in [0.05, 0.1) is 51.5 Å². The minimum absolute atomic E-state index is 0.120. The van der Waals surface area contributed by atoms with Gasteiger partial charge in [-0.3, -0.25) is 9.78 Å². The molecule has 1 atom stereocenters. The number of nitrogens with zero attached hydrogens (tertiary/aromatic N) is 4. The first-order valence-corrected chi connectivity index (χ1v) is 12.9. The molecule has 12 heteroatoms. The third kappa shape index (κ3) is 5.43. The van der Waals surface area contributed by atoms with Crippen molar-refractivity contribution in [2.45, 2.75) is 58.5 Å². The largest absolute Gasteiger partial charge is 0.459 e. The van der Waals surface area contributed by atoms with Crippen LogP contribution in [0.4, 0.5) is 4.39 Å². The van der Waals surface area contributed by atoms with Crippen LogP contribution in [0.3, 0.4) is 0 Å². The van der Waals surface area contributed by atoms with Crippen molar-refractivity contribution in [3.05, 3.63) is 41.5 Å². The monoisotopic (exact) mass is 505 g/mol. The maximum atomic E-state index is 13.4. The molecule has 0 aliphatic carbocycles. The number of fused-ring (bicyclic) bond motifs is 1. The summed E-state index contributed by atoms with van der Waals surface area (Å²) < 4.78 is 43.2. The lowest BCUT2D eigenvalue weighted by Gasteiger charge is -2.38. The van der Waals surface area contributed by atoms with Gasteiger partial charge in [0.1, 0.15) is 5.75 Å². The molecule has 188 valence electrons. The SMILES string of the molecule is Cc1ncc(OC(C)F)cc1-n1nc(CC(C)(C)O)c2cc(C(=O)NC3(C)CS(=O)(=O)C3)cnc21. The van der Waals surface area contributed by atoms with Gasteiger partial charge in [-0.2, -0.15) is 5.10 Å². The van der Waals surface area contributed by atoms with Gasteiger partial charge in [0.15, 0.2) is 15.5 Å². The summed E-state index contributed by atoms with van der Waals surface area (Å²) in [5.74, 6) is -0.478. The number of carbonyl (C=O) groups excluding carboxylic acids is 1. The summed E-state index contributed by atoms with van der Waals surface area (Å²) in [5, 5.41) is 18.4. The molecular formula is C23H28FN5O5S. The Morgan fingerprint density at radius 3 is 2.60 bits per heavy atom. The van der Waals surface area contributed by atoms with E-state index in [4.69, 9.17) is 4.74 Å². The van der Waals surface area contributed by atoms with Crippen LogP contribution in [0.5, 0.6) is 5.75 Å². The fourth-order valence-corrected chi connectivity index (χ4v) is 6.21. The third-order valence-corrected chi connectivity index (χ3v) is 7.67. The number of sulfone groups is 1. The molecule has 3 aromatic rings. The van der Waals surface area contributed by atoms with Gasteiger partial charge in [0.25, 0.3) is 5.91 Å². The van der Waals surface area contributed by atoms with E-state index in [1.54, 1.807) is 39.8 Å². The van der Waals surface area contributed by atoms with E-state index in [1.807, 2.05) is 0 Å². The molecule has 2 N–H and O–H groups in total. The molecule has 0 spiro atoms. The Kier molecular flexibility index (Phi) is 6.08. The van der Waals surface area contributed by atoms with E-state index in [0.29, 0.717) is 28.1 Å². The topological polar surface area (TPSA) is 136 Å². The summed E-state index contributed by atoms with van der Waals surface area (Å²) in [6.07, 6.45) is 1.44. The second-order valence-corrected chi connectivity index (χ2v) is 12.0. The van der Waals surface area contributed by atoms with Crippen molar-refractivity contribution >= 4 is 26.8 Å². The summed E-state index contributed by atoms with van der Waals surface area (Å²) in [4.78, 5) is 21.6. The number of rotatable bonds is 7. The van der Waals surface area contributed by atoms with E-state index >= 15 is 0 Å². The summed E-state index contributed by atoms with van der Waals surface area (Å²) in [7, 11) is -3.13. The van der Waals surface area contributed by atoms with Crippen molar-refractivity contribution in [1.29, 1.82) is 0 Å². The van der Waals surface area contributed by atoms with Gasteiger partial charge < -0.3 is 15.2 Å². The van der Waals surface area contributed by atoms with Crippen LogP contribution in [0.1, 0.15) is 49.4 Å². The number of carbonyl (C=O) groups is 1. The number of aliphatic hydroxyl groups is 1. The summed E-state index contributed by atoms with van der Waals surface area (Å²) >= 11 is 0. The number of pyridine rings is 2. The number of alkyl halides is 1. The minimum Gasteiger partial charge on any atom is -0.459 e. The van der Waals surface area contributed by atoms with Crippen LogP contribution >= 0.6 is 0 Å². The van der Waals surface area contributed by atoms with Crippen LogP contribution < -0.4 is 10.1 Å². The number of nitrogens with one attached hydrogen (secondary N) is 1. The van der Waals surface area contributed by atoms with Gasteiger partial charge in [-0.15, -0.1) is 0 Å². The molecule has 4 rings (SSSR count). The van der Waals surface area contributed by atoms with Crippen molar-refractivity contribution in [1.82, 2.24) is 25.1 Å². The quantitative estimate of drug-likeness (QED) is 0.498. The van der Waals surface area contributed by atoms with Crippen molar-refractivity contribution in [3.8, 4) is 11.4 Å². The molecule has 0 aromatic carbocycles. The van der Waals surface area contributed by atoms with Crippen LogP contribution in [0.2, 0.25) is 0 Å². The minimum atomic E-state index is -3.13. The summed E-state index contributed by atoms with van der Waals surface area (Å²) in [6.45, 7) is 7.99. The van der Waals surface area contributed by atoms with E-state index in [9.17, 15) is 22.7 Å². The number of halogens is 1. The Morgan fingerprint density at radius 1 is 1.31 bits per heavy atom. The van der Waals surface area contributed by atoms with E-state index in [-0.39, 0.29) is 29.2 Å². The molecule has 1 saturated heterocycles. The zero-order chi connectivity index (χ0) is 25.8. The van der Waals surface area contributed by atoms with Crippen molar-refractivity contribution in [2.24, 2.45) is 0 Å². The highest BCUT2D eigenvalue weighted by Gasteiger charge is 2.45. The Hall–Kier alpha value is -3.12. The molecule has 1 fully saturated rings. The molecule has 0 radical (unpaired) electrons. The molecule has 1 unspecified atom stereocenters. The third-order valence-electron chi connectivity index (χ3n) is 5.52. The number of aryl methyl sites for hydroxylation is 1. The first-order chi connectivity index (χ1) is 16.1. The average molecular weight is 506 g/mol.